The van der Waals surface area contributed by atoms with Crippen molar-refractivity contribution in [1.29, 1.82) is 0 Å². The van der Waals surface area contributed by atoms with Crippen LogP contribution >= 0.6 is 12.6 Å². The fourth-order valence-corrected chi connectivity index (χ4v) is 2.27. The van der Waals surface area contributed by atoms with E-state index in [1.807, 2.05) is 24.3 Å². The summed E-state index contributed by atoms with van der Waals surface area (Å²) in [6.45, 7) is 0. The minimum atomic E-state index is 0.231. The molecule has 0 spiro atoms. The summed E-state index contributed by atoms with van der Waals surface area (Å²) in [5.74, 6) is 0.703. The Morgan fingerprint density at radius 2 is 2.21 bits per heavy atom. The number of nitrogens with zero attached hydrogens (tertiary/aromatic N) is 2. The van der Waals surface area contributed by atoms with E-state index in [9.17, 15) is 5.11 Å². The summed E-state index contributed by atoms with van der Waals surface area (Å²) in [5, 5.41) is 12.9. The Labute approximate surface area is 116 Å². The van der Waals surface area contributed by atoms with Crippen LogP contribution in [0.3, 0.4) is 0 Å². The third kappa shape index (κ3) is 2.56. The molecular weight excluding hydrogens is 258 g/mol. The van der Waals surface area contributed by atoms with Crippen LogP contribution in [0, 0.1) is 0 Å². The van der Waals surface area contributed by atoms with Gasteiger partial charge in [0.15, 0.2) is 0 Å². The minimum Gasteiger partial charge on any atom is -0.506 e. The van der Waals surface area contributed by atoms with Gasteiger partial charge in [-0.15, -0.1) is 12.6 Å². The molecule has 19 heavy (non-hydrogen) atoms. The number of nitrogens with one attached hydrogen (secondary N) is 1. The molecule has 2 N–H and O–H groups in total. The average Bonchev–Trinajstić information content (AvgIpc) is 2.40. The summed E-state index contributed by atoms with van der Waals surface area (Å²) < 4.78 is 0. The minimum absolute atomic E-state index is 0.231. The van der Waals surface area contributed by atoms with Gasteiger partial charge in [-0.3, -0.25) is 0 Å². The molecule has 1 aromatic heterocycles. The molecule has 5 heteroatoms. The van der Waals surface area contributed by atoms with Crippen molar-refractivity contribution < 1.29 is 5.11 Å². The van der Waals surface area contributed by atoms with E-state index in [2.05, 4.69) is 27.9 Å². The van der Waals surface area contributed by atoms with E-state index >= 15 is 0 Å². The molecule has 0 saturated heterocycles. The number of aliphatic hydroxyl groups excluding tert-OH is 1. The van der Waals surface area contributed by atoms with Crippen LogP contribution in [0.1, 0.15) is 17.7 Å². The van der Waals surface area contributed by atoms with E-state index < -0.39 is 0 Å². The number of allylic oxidation sites excluding steroid dienone is 1. The van der Waals surface area contributed by atoms with E-state index in [0.717, 1.165) is 29.0 Å². The van der Waals surface area contributed by atoms with Gasteiger partial charge >= 0.3 is 0 Å². The first-order chi connectivity index (χ1) is 9.22. The SMILES string of the molecule is OC1=CCCc2cnc(Nc3cccc(S)c3)nc21. The summed E-state index contributed by atoms with van der Waals surface area (Å²) >= 11 is 4.28. The fourth-order valence-electron chi connectivity index (χ4n) is 2.05. The van der Waals surface area contributed by atoms with Crippen LogP contribution in [-0.4, -0.2) is 15.1 Å². The number of aliphatic hydroxyl groups is 1. The molecule has 0 amide bonds. The smallest absolute Gasteiger partial charge is 0.227 e. The van der Waals surface area contributed by atoms with Crippen molar-refractivity contribution in [1.82, 2.24) is 9.97 Å². The predicted molar refractivity (Wildman–Crippen MR) is 77.9 cm³/mol. The highest BCUT2D eigenvalue weighted by molar-refractivity contribution is 7.80. The van der Waals surface area contributed by atoms with E-state index in [4.69, 9.17) is 0 Å². The molecule has 0 fully saturated rings. The number of aromatic nitrogens is 2. The number of thiol groups is 1. The van der Waals surface area contributed by atoms with Crippen LogP contribution in [-0.2, 0) is 6.42 Å². The summed E-state index contributed by atoms with van der Waals surface area (Å²) in [5.41, 5.74) is 2.46. The number of anilines is 2. The van der Waals surface area contributed by atoms with Gasteiger partial charge < -0.3 is 10.4 Å². The van der Waals surface area contributed by atoms with Crippen LogP contribution in [0.5, 0.6) is 0 Å². The van der Waals surface area contributed by atoms with Gasteiger partial charge in [0.25, 0.3) is 0 Å². The quantitative estimate of drug-likeness (QED) is 0.733. The Balaban J connectivity index is 1.91. The fraction of sp³-hybridized carbons (Fsp3) is 0.143. The molecule has 1 aromatic carbocycles. The van der Waals surface area contributed by atoms with Gasteiger partial charge in [0.2, 0.25) is 5.95 Å². The first-order valence-electron chi connectivity index (χ1n) is 6.04. The van der Waals surface area contributed by atoms with E-state index in [1.54, 1.807) is 12.3 Å². The Kier molecular flexibility index (Phi) is 3.13. The van der Waals surface area contributed by atoms with E-state index in [1.165, 1.54) is 0 Å². The Morgan fingerprint density at radius 1 is 1.32 bits per heavy atom. The monoisotopic (exact) mass is 271 g/mol. The third-order valence-corrected chi connectivity index (χ3v) is 3.24. The van der Waals surface area contributed by atoms with Crippen molar-refractivity contribution in [3.63, 3.8) is 0 Å². The first-order valence-corrected chi connectivity index (χ1v) is 6.48. The van der Waals surface area contributed by atoms with Gasteiger partial charge in [0, 0.05) is 22.3 Å². The largest absolute Gasteiger partial charge is 0.506 e. The second-order valence-electron chi connectivity index (χ2n) is 4.37. The summed E-state index contributed by atoms with van der Waals surface area (Å²) in [7, 11) is 0. The number of benzene rings is 1. The molecule has 1 aliphatic carbocycles. The van der Waals surface area contributed by atoms with Crippen molar-refractivity contribution in [2.24, 2.45) is 0 Å². The Bertz CT molecular complexity index is 655. The number of hydrogen-bond acceptors (Lipinski definition) is 5. The molecule has 0 aliphatic heterocycles. The molecule has 1 heterocycles. The highest BCUT2D eigenvalue weighted by Gasteiger charge is 2.14. The number of hydrogen-bond donors (Lipinski definition) is 3. The lowest BCUT2D eigenvalue weighted by molar-refractivity contribution is 0.501. The molecule has 0 bridgehead atoms. The summed E-state index contributed by atoms with van der Waals surface area (Å²) in [6.07, 6.45) is 5.24. The number of fused-ring (bicyclic) bond motifs is 1. The lowest BCUT2D eigenvalue weighted by atomic mass is 10.0. The van der Waals surface area contributed by atoms with Gasteiger partial charge in [0.05, 0.1) is 0 Å². The summed E-state index contributed by atoms with van der Waals surface area (Å²) in [4.78, 5) is 9.49. The number of rotatable bonds is 2. The van der Waals surface area contributed by atoms with Gasteiger partial charge in [-0.2, -0.15) is 0 Å². The Morgan fingerprint density at radius 3 is 3.05 bits per heavy atom. The first kappa shape index (κ1) is 12.0. The average molecular weight is 271 g/mol. The maximum atomic E-state index is 9.83. The molecule has 0 atom stereocenters. The van der Waals surface area contributed by atoms with Crippen molar-refractivity contribution in [2.75, 3.05) is 5.32 Å². The highest BCUT2D eigenvalue weighted by Crippen LogP contribution is 2.24. The van der Waals surface area contributed by atoms with Crippen molar-refractivity contribution in [2.45, 2.75) is 17.7 Å². The lowest BCUT2D eigenvalue weighted by Gasteiger charge is -2.13. The molecule has 96 valence electrons. The maximum Gasteiger partial charge on any atom is 0.227 e. The van der Waals surface area contributed by atoms with Crippen LogP contribution < -0.4 is 5.32 Å². The molecule has 3 rings (SSSR count). The zero-order valence-electron chi connectivity index (χ0n) is 10.2. The van der Waals surface area contributed by atoms with Crippen molar-refractivity contribution in [3.05, 3.63) is 47.8 Å². The zero-order valence-corrected chi connectivity index (χ0v) is 11.1. The van der Waals surface area contributed by atoms with Crippen LogP contribution in [0.2, 0.25) is 0 Å². The number of aryl methyl sites for hydroxylation is 1. The van der Waals surface area contributed by atoms with E-state index in [-0.39, 0.29) is 5.76 Å². The highest BCUT2D eigenvalue weighted by atomic mass is 32.1. The van der Waals surface area contributed by atoms with Crippen molar-refractivity contribution >= 4 is 30.0 Å². The molecular formula is C14H13N3OS. The Hall–Kier alpha value is -2.01. The molecule has 4 nitrogen and oxygen atoms in total. The molecule has 2 aromatic rings. The van der Waals surface area contributed by atoms with Crippen LogP contribution in [0.25, 0.3) is 5.76 Å². The van der Waals surface area contributed by atoms with E-state index in [0.29, 0.717) is 11.6 Å². The molecule has 1 aliphatic rings. The molecule has 0 saturated carbocycles. The standard InChI is InChI=1S/C14H13N3OS/c18-12-6-1-3-9-8-15-14(17-13(9)12)16-10-4-2-5-11(19)7-10/h2,4-8,18-19H,1,3H2,(H,15,16,17). The maximum absolute atomic E-state index is 9.83. The molecule has 0 unspecified atom stereocenters. The third-order valence-electron chi connectivity index (χ3n) is 2.96. The lowest BCUT2D eigenvalue weighted by Crippen LogP contribution is -2.06. The summed E-state index contributed by atoms with van der Waals surface area (Å²) in [6, 6.07) is 7.61. The van der Waals surface area contributed by atoms with Gasteiger partial charge in [-0.05, 0) is 37.1 Å². The van der Waals surface area contributed by atoms with Gasteiger partial charge in [0.1, 0.15) is 11.5 Å². The van der Waals surface area contributed by atoms with Gasteiger partial charge in [-0.25, -0.2) is 9.97 Å². The van der Waals surface area contributed by atoms with Crippen LogP contribution in [0.15, 0.2) is 41.4 Å². The second kappa shape index (κ2) is 4.93. The van der Waals surface area contributed by atoms with Gasteiger partial charge in [-0.1, -0.05) is 6.07 Å². The molecule has 0 radical (unpaired) electrons. The van der Waals surface area contributed by atoms with Crippen molar-refractivity contribution in [3.8, 4) is 0 Å². The zero-order chi connectivity index (χ0) is 13.2. The second-order valence-corrected chi connectivity index (χ2v) is 4.89. The normalized spacial score (nSPS) is 13.6. The topological polar surface area (TPSA) is 58.0 Å². The predicted octanol–water partition coefficient (Wildman–Crippen LogP) is 3.35. The van der Waals surface area contributed by atoms with Crippen LogP contribution in [0.4, 0.5) is 11.6 Å².